The molecule has 126 valence electrons. The molecular formula is C18H14F2N4O. The lowest BCUT2D eigenvalue weighted by atomic mass is 9.95. The predicted molar refractivity (Wildman–Crippen MR) is 87.3 cm³/mol. The third kappa shape index (κ3) is 2.88. The zero-order valence-corrected chi connectivity index (χ0v) is 13.1. The molecule has 1 saturated carbocycles. The summed E-state index contributed by atoms with van der Waals surface area (Å²) < 4.78 is 27.8. The van der Waals surface area contributed by atoms with Crippen molar-refractivity contribution in [3.05, 3.63) is 72.2 Å². The smallest absolute Gasteiger partial charge is 0.236 e. The first-order valence-corrected chi connectivity index (χ1v) is 7.81. The van der Waals surface area contributed by atoms with Gasteiger partial charge in [0.15, 0.2) is 5.82 Å². The van der Waals surface area contributed by atoms with Crippen LogP contribution in [-0.4, -0.2) is 20.7 Å². The summed E-state index contributed by atoms with van der Waals surface area (Å²) in [5.74, 6) is -0.612. The van der Waals surface area contributed by atoms with Crippen molar-refractivity contribution in [3.63, 3.8) is 0 Å². The zero-order valence-electron chi connectivity index (χ0n) is 13.1. The molecule has 2 aromatic heterocycles. The third-order valence-electron chi connectivity index (χ3n) is 4.37. The van der Waals surface area contributed by atoms with Gasteiger partial charge in [0.05, 0.1) is 23.5 Å². The number of rotatable bonds is 4. The van der Waals surface area contributed by atoms with E-state index < -0.39 is 11.2 Å². The van der Waals surface area contributed by atoms with E-state index in [2.05, 4.69) is 15.4 Å². The second-order valence-electron chi connectivity index (χ2n) is 6.05. The highest BCUT2D eigenvalue weighted by molar-refractivity contribution is 6.00. The summed E-state index contributed by atoms with van der Waals surface area (Å²) in [7, 11) is 0. The van der Waals surface area contributed by atoms with Gasteiger partial charge in [0.1, 0.15) is 11.6 Å². The van der Waals surface area contributed by atoms with Gasteiger partial charge < -0.3 is 5.32 Å². The summed E-state index contributed by atoms with van der Waals surface area (Å²) in [6.07, 6.45) is 5.61. The number of aromatic nitrogens is 3. The molecule has 0 atom stereocenters. The fourth-order valence-corrected chi connectivity index (χ4v) is 2.84. The van der Waals surface area contributed by atoms with Gasteiger partial charge in [0.2, 0.25) is 5.91 Å². The molecule has 0 bridgehead atoms. The fourth-order valence-electron chi connectivity index (χ4n) is 2.84. The van der Waals surface area contributed by atoms with Crippen LogP contribution in [0.4, 0.5) is 14.6 Å². The molecule has 1 N–H and O–H groups in total. The summed E-state index contributed by atoms with van der Waals surface area (Å²) >= 11 is 0. The number of hydrogen-bond donors (Lipinski definition) is 1. The normalized spacial score (nSPS) is 15.0. The molecule has 2 heterocycles. The summed E-state index contributed by atoms with van der Waals surface area (Å²) in [4.78, 5) is 16.4. The molecule has 1 aliphatic rings. The second kappa shape index (κ2) is 5.77. The predicted octanol–water partition coefficient (Wildman–Crippen LogP) is 3.22. The molecule has 1 aliphatic carbocycles. The molecule has 0 spiro atoms. The lowest BCUT2D eigenvalue weighted by Gasteiger charge is -2.14. The molecule has 4 rings (SSSR count). The van der Waals surface area contributed by atoms with Gasteiger partial charge in [-0.15, -0.1) is 0 Å². The molecule has 1 fully saturated rings. The van der Waals surface area contributed by atoms with Gasteiger partial charge in [-0.25, -0.2) is 13.5 Å². The minimum absolute atomic E-state index is 0.179. The number of nitrogens with zero attached hydrogens (tertiary/aromatic N) is 3. The van der Waals surface area contributed by atoms with Crippen molar-refractivity contribution in [1.29, 1.82) is 0 Å². The molecule has 0 radical (unpaired) electrons. The number of anilines is 1. The number of carbonyl (C=O) groups excluding carboxylic acids is 1. The van der Waals surface area contributed by atoms with Crippen LogP contribution in [0.5, 0.6) is 0 Å². The Morgan fingerprint density at radius 1 is 1.08 bits per heavy atom. The monoisotopic (exact) mass is 340 g/mol. The largest absolute Gasteiger partial charge is 0.308 e. The van der Waals surface area contributed by atoms with Crippen molar-refractivity contribution in [2.75, 3.05) is 5.32 Å². The Hall–Kier alpha value is -3.09. The SMILES string of the molecule is O=C(Nc1ccn(-c2cncc(F)c2)n1)C1(c2ccc(F)cc2)CC1. The first-order valence-electron chi connectivity index (χ1n) is 7.81. The number of amides is 1. The molecule has 1 amide bonds. The van der Waals surface area contributed by atoms with Gasteiger partial charge in [-0.1, -0.05) is 12.1 Å². The topological polar surface area (TPSA) is 59.8 Å². The van der Waals surface area contributed by atoms with Crippen LogP contribution in [0.1, 0.15) is 18.4 Å². The van der Waals surface area contributed by atoms with Gasteiger partial charge in [0.25, 0.3) is 0 Å². The summed E-state index contributed by atoms with van der Waals surface area (Å²) in [6, 6.07) is 8.91. The fraction of sp³-hybridized carbons (Fsp3) is 0.167. The average Bonchev–Trinajstić information content (AvgIpc) is 3.29. The molecule has 7 heteroatoms. The number of benzene rings is 1. The van der Waals surface area contributed by atoms with Gasteiger partial charge in [-0.2, -0.15) is 5.10 Å². The Bertz CT molecular complexity index is 932. The highest BCUT2D eigenvalue weighted by Gasteiger charge is 2.51. The maximum absolute atomic E-state index is 13.3. The highest BCUT2D eigenvalue weighted by atomic mass is 19.1. The van der Waals surface area contributed by atoms with Crippen LogP contribution in [0.25, 0.3) is 5.69 Å². The van der Waals surface area contributed by atoms with E-state index in [9.17, 15) is 13.6 Å². The van der Waals surface area contributed by atoms with Crippen molar-refractivity contribution < 1.29 is 13.6 Å². The number of pyridine rings is 1. The Balaban J connectivity index is 1.53. The van der Waals surface area contributed by atoms with Crippen LogP contribution in [0.15, 0.2) is 55.0 Å². The molecular weight excluding hydrogens is 326 g/mol. The van der Waals surface area contributed by atoms with Gasteiger partial charge >= 0.3 is 0 Å². The van der Waals surface area contributed by atoms with Crippen molar-refractivity contribution in [2.45, 2.75) is 18.3 Å². The third-order valence-corrected chi connectivity index (χ3v) is 4.37. The van der Waals surface area contributed by atoms with E-state index >= 15 is 0 Å². The van der Waals surface area contributed by atoms with Crippen molar-refractivity contribution in [1.82, 2.24) is 14.8 Å². The highest BCUT2D eigenvalue weighted by Crippen LogP contribution is 2.48. The van der Waals surface area contributed by atoms with Crippen molar-refractivity contribution in [3.8, 4) is 5.69 Å². The number of nitrogens with one attached hydrogen (secondary N) is 1. The lowest BCUT2D eigenvalue weighted by molar-refractivity contribution is -0.118. The van der Waals surface area contributed by atoms with E-state index in [1.54, 1.807) is 24.4 Å². The summed E-state index contributed by atoms with van der Waals surface area (Å²) in [5, 5.41) is 7.01. The van der Waals surface area contributed by atoms with Gasteiger partial charge in [-0.05, 0) is 30.5 Å². The van der Waals surface area contributed by atoms with E-state index in [4.69, 9.17) is 0 Å². The van der Waals surface area contributed by atoms with Crippen molar-refractivity contribution in [2.24, 2.45) is 0 Å². The standard InChI is InChI=1S/C18H14F2N4O/c19-13-3-1-12(2-4-13)18(6-7-18)17(25)22-16-5-8-24(23-16)15-9-14(20)10-21-11-15/h1-5,8-11H,6-7H2,(H,22,23,25). The minimum atomic E-state index is -0.627. The quantitative estimate of drug-likeness (QED) is 0.793. The van der Waals surface area contributed by atoms with Crippen LogP contribution in [-0.2, 0) is 10.2 Å². The van der Waals surface area contributed by atoms with E-state index in [0.717, 1.165) is 11.8 Å². The summed E-state index contributed by atoms with van der Waals surface area (Å²) in [6.45, 7) is 0. The molecule has 0 unspecified atom stereocenters. The Kier molecular flexibility index (Phi) is 3.56. The minimum Gasteiger partial charge on any atom is -0.308 e. The molecule has 1 aromatic carbocycles. The first kappa shape index (κ1) is 15.4. The van der Waals surface area contributed by atoms with Crippen LogP contribution in [0, 0.1) is 11.6 Å². The maximum Gasteiger partial charge on any atom is 0.236 e. The Labute approximate surface area is 142 Å². The second-order valence-corrected chi connectivity index (χ2v) is 6.05. The van der Waals surface area contributed by atoms with E-state index in [1.807, 2.05) is 0 Å². The van der Waals surface area contributed by atoms with E-state index in [0.29, 0.717) is 24.3 Å². The summed E-state index contributed by atoms with van der Waals surface area (Å²) in [5.41, 5.74) is 0.623. The van der Waals surface area contributed by atoms with E-state index in [1.165, 1.54) is 29.1 Å². The molecule has 0 aliphatic heterocycles. The molecule has 5 nitrogen and oxygen atoms in total. The Morgan fingerprint density at radius 3 is 2.52 bits per heavy atom. The van der Waals surface area contributed by atoms with Crippen LogP contribution < -0.4 is 5.32 Å². The molecule has 0 saturated heterocycles. The lowest BCUT2D eigenvalue weighted by Crippen LogP contribution is -2.28. The Morgan fingerprint density at radius 2 is 1.84 bits per heavy atom. The van der Waals surface area contributed by atoms with E-state index in [-0.39, 0.29) is 11.7 Å². The first-order chi connectivity index (χ1) is 12.1. The zero-order chi connectivity index (χ0) is 17.4. The van der Waals surface area contributed by atoms with Crippen LogP contribution in [0.3, 0.4) is 0 Å². The number of hydrogen-bond acceptors (Lipinski definition) is 3. The maximum atomic E-state index is 13.3. The van der Waals surface area contributed by atoms with Crippen LogP contribution in [0.2, 0.25) is 0 Å². The molecule has 25 heavy (non-hydrogen) atoms. The molecule has 3 aromatic rings. The van der Waals surface area contributed by atoms with Gasteiger partial charge in [-0.3, -0.25) is 9.78 Å². The van der Waals surface area contributed by atoms with Crippen molar-refractivity contribution >= 4 is 11.7 Å². The number of halogens is 2. The van der Waals surface area contributed by atoms with Crippen LogP contribution >= 0.6 is 0 Å². The van der Waals surface area contributed by atoms with Gasteiger partial charge in [0, 0.05) is 18.3 Å². The average molecular weight is 340 g/mol. The number of carbonyl (C=O) groups is 1.